The molecule has 23 nitrogen and oxygen atoms in total. The van der Waals surface area contributed by atoms with Crippen LogP contribution < -0.4 is 31.3 Å². The lowest BCUT2D eigenvalue weighted by Gasteiger charge is -2.33. The SMILES string of the molecule is COc1cccc(C(=O)N2C[C@H](OCC(C)CCC(=O)N[C@@H](CSSC[C@@H](NC(=O)CCC(C)C)C(=O)N3C[C@@H](O)C[C@@H]3C(=O)NCc3ccc(-c4scnc4C)cc3)C(=O)N3C[C@H](O)C[C@H]3C(=O)NCc3ccc(-c4scnc4C)cc3)CC2(C)C(=O)NCc2ccc(-c3scnc3C)cc2)c1. The van der Waals surface area contributed by atoms with Crippen LogP contribution in [0.25, 0.3) is 31.3 Å². The average Bonchev–Trinajstić information content (AvgIpc) is 1.65. The Labute approximate surface area is 620 Å². The molecule has 0 radical (unpaired) electrons. The molecule has 3 aromatic heterocycles. The third-order valence-corrected chi connectivity index (χ3v) is 24.3. The molecule has 3 fully saturated rings. The molecule has 0 spiro atoms. The largest absolute Gasteiger partial charge is 0.497 e. The lowest BCUT2D eigenvalue weighted by molar-refractivity contribution is -0.141. The van der Waals surface area contributed by atoms with Crippen LogP contribution in [-0.4, -0.2) is 180 Å². The number of aliphatic hydroxyl groups is 2. The molecule has 0 saturated carbocycles. The minimum atomic E-state index is -1.32. The Balaban J connectivity index is 0.797. The number of nitrogens with one attached hydrogen (secondary N) is 5. The summed E-state index contributed by atoms with van der Waals surface area (Å²) in [6.45, 7) is 13.9. The number of nitrogens with zero attached hydrogens (tertiary/aromatic N) is 6. The summed E-state index contributed by atoms with van der Waals surface area (Å²) in [6, 6.07) is 25.6. The maximum Gasteiger partial charge on any atom is 0.254 e. The van der Waals surface area contributed by atoms with E-state index in [4.69, 9.17) is 9.47 Å². The highest BCUT2D eigenvalue weighted by molar-refractivity contribution is 8.76. The van der Waals surface area contributed by atoms with E-state index in [0.29, 0.717) is 24.2 Å². The van der Waals surface area contributed by atoms with Gasteiger partial charge in [-0.15, -0.1) is 34.0 Å². The van der Waals surface area contributed by atoms with Crippen molar-refractivity contribution in [2.75, 3.05) is 44.9 Å². The number of methoxy groups -OCH3 is 1. The Morgan fingerprint density at radius 2 is 1.04 bits per heavy atom. The van der Waals surface area contributed by atoms with Gasteiger partial charge in [-0.3, -0.25) is 38.4 Å². The Hall–Kier alpha value is -8.09. The van der Waals surface area contributed by atoms with Gasteiger partial charge in [0.2, 0.25) is 41.4 Å². The summed E-state index contributed by atoms with van der Waals surface area (Å²) in [5.41, 5.74) is 12.7. The summed E-state index contributed by atoms with van der Waals surface area (Å²) in [7, 11) is 3.84. The molecule has 3 aliphatic rings. The van der Waals surface area contributed by atoms with Gasteiger partial charge in [-0.2, -0.15) is 0 Å². The number of carbonyl (C=O) groups is 8. The van der Waals surface area contributed by atoms with Gasteiger partial charge in [-0.25, -0.2) is 15.0 Å². The van der Waals surface area contributed by atoms with Crippen LogP contribution in [0.15, 0.2) is 114 Å². The third kappa shape index (κ3) is 20.3. The van der Waals surface area contributed by atoms with Crippen LogP contribution in [0, 0.1) is 32.6 Å². The van der Waals surface area contributed by atoms with Crippen molar-refractivity contribution in [3.8, 4) is 37.1 Å². The average molecular weight is 1500 g/mol. The number of amides is 8. The van der Waals surface area contributed by atoms with E-state index < -0.39 is 77.6 Å². The molecule has 103 heavy (non-hydrogen) atoms. The number of rotatable bonds is 32. The minimum Gasteiger partial charge on any atom is -0.497 e. The fourth-order valence-electron chi connectivity index (χ4n) is 12.9. The molecule has 10 rings (SSSR count). The third-order valence-electron chi connectivity index (χ3n) is 18.9. The minimum absolute atomic E-state index is 0.0168. The van der Waals surface area contributed by atoms with Crippen LogP contribution in [0.3, 0.4) is 0 Å². The molecule has 0 bridgehead atoms. The number of hydrogen-bond donors (Lipinski definition) is 7. The van der Waals surface area contributed by atoms with Gasteiger partial charge in [-0.1, -0.05) is 121 Å². The molecule has 0 aliphatic carbocycles. The molecular weight excluding hydrogens is 1410 g/mol. The zero-order valence-corrected chi connectivity index (χ0v) is 63.3. The number of aliphatic hydroxyl groups excluding tert-OH is 2. The van der Waals surface area contributed by atoms with Gasteiger partial charge in [0.1, 0.15) is 35.5 Å². The maximum absolute atomic E-state index is 15.0. The van der Waals surface area contributed by atoms with Crippen molar-refractivity contribution < 1.29 is 58.0 Å². The zero-order valence-electron chi connectivity index (χ0n) is 59.2. The van der Waals surface area contributed by atoms with Crippen LogP contribution in [0.4, 0.5) is 0 Å². The second-order valence-corrected chi connectivity index (χ2v) is 32.4. The standard InChI is InChI=1S/C75H91N11O12S5/c1-44(2)12-26-64(89)82-60(72(94)84-35-56(87)29-62(84)69(91)76-32-49-14-20-52(21-15-49)66-46(4)79-41-99-66)39-102-103-40-61(73(95)85-36-57(88)30-63(85)70(92)77-33-50-16-22-53(23-17-50)67-47(5)80-42-100-67)83-65(90)27-13-45(3)38-98-59-31-75(7,86(37-59)71(93)55-10-9-11-58(28-55)97-8)74(96)78-34-51-18-24-54(25-19-51)68-48(6)81-43-101-68/h9-11,14-25,28,41-45,56-57,59-63,87-88H,12-13,26-27,29-40H2,1-8H3,(H,76,91)(H,77,92)(H,78,96)(H,82,89)(H,83,90)/t45?,56-,57+,59+,60+,61-,62+,63-,75?/m0/s1. The second kappa shape index (κ2) is 36.1. The van der Waals surface area contributed by atoms with Gasteiger partial charge < -0.3 is 61.0 Å². The van der Waals surface area contributed by atoms with E-state index in [1.54, 1.807) is 58.4 Å². The number of β-amino-alcohol motifs (C(OH)–C–C–N with tert-alkyl or cyclic N) is 2. The molecule has 4 aromatic carbocycles. The summed E-state index contributed by atoms with van der Waals surface area (Å²) < 4.78 is 12.0. The summed E-state index contributed by atoms with van der Waals surface area (Å²) in [6.07, 6.45) is -1.57. The van der Waals surface area contributed by atoms with Gasteiger partial charge in [-0.05, 0) is 104 Å². The van der Waals surface area contributed by atoms with E-state index >= 15 is 4.79 Å². The van der Waals surface area contributed by atoms with Crippen molar-refractivity contribution in [3.05, 3.63) is 153 Å². The van der Waals surface area contributed by atoms with E-state index in [2.05, 4.69) is 41.5 Å². The smallest absolute Gasteiger partial charge is 0.254 e. The number of thiazole rings is 3. The van der Waals surface area contributed by atoms with Crippen molar-refractivity contribution in [1.82, 2.24) is 56.2 Å². The van der Waals surface area contributed by atoms with Crippen LogP contribution in [0.5, 0.6) is 5.75 Å². The van der Waals surface area contributed by atoms with Gasteiger partial charge in [0.15, 0.2) is 0 Å². The Morgan fingerprint density at radius 3 is 1.46 bits per heavy atom. The number of benzene rings is 4. The number of ether oxygens (including phenoxy) is 2. The molecular formula is C75H91N11O12S5. The fraction of sp³-hybridized carbons (Fsp3) is 0.453. The predicted molar refractivity (Wildman–Crippen MR) is 403 cm³/mol. The molecule has 3 saturated heterocycles. The molecule has 2 unspecified atom stereocenters. The quantitative estimate of drug-likeness (QED) is 0.0153. The van der Waals surface area contributed by atoms with E-state index in [1.807, 2.05) is 120 Å². The summed E-state index contributed by atoms with van der Waals surface area (Å²) in [5, 5.41) is 36.9. The van der Waals surface area contributed by atoms with Gasteiger partial charge >= 0.3 is 0 Å². The lowest BCUT2D eigenvalue weighted by Crippen LogP contribution is -2.55. The Morgan fingerprint density at radius 1 is 0.602 bits per heavy atom. The highest BCUT2D eigenvalue weighted by Gasteiger charge is 2.51. The van der Waals surface area contributed by atoms with Crippen LogP contribution in [0.2, 0.25) is 0 Å². The van der Waals surface area contributed by atoms with Crippen LogP contribution >= 0.6 is 55.6 Å². The first kappa shape index (κ1) is 77.5. The maximum atomic E-state index is 15.0. The number of aromatic nitrogens is 3. The van der Waals surface area contributed by atoms with Crippen molar-refractivity contribution in [2.45, 2.75) is 161 Å². The molecule has 6 heterocycles. The van der Waals surface area contributed by atoms with Crippen molar-refractivity contribution in [2.24, 2.45) is 11.8 Å². The summed E-state index contributed by atoms with van der Waals surface area (Å²) in [5.74, 6) is -3.38. The van der Waals surface area contributed by atoms with Crippen molar-refractivity contribution in [1.29, 1.82) is 0 Å². The van der Waals surface area contributed by atoms with Gasteiger partial charge in [0.05, 0.1) is 73.7 Å². The number of likely N-dealkylation sites (tertiary alicyclic amines) is 3. The van der Waals surface area contributed by atoms with Crippen LogP contribution in [0.1, 0.15) is 117 Å². The summed E-state index contributed by atoms with van der Waals surface area (Å²) in [4.78, 5) is 135. The van der Waals surface area contributed by atoms with E-state index in [1.165, 1.54) is 50.4 Å². The van der Waals surface area contributed by atoms with Gasteiger partial charge in [0.25, 0.3) is 5.91 Å². The highest BCUT2D eigenvalue weighted by Crippen LogP contribution is 2.36. The molecule has 548 valence electrons. The molecule has 7 aromatic rings. The fourth-order valence-corrected chi connectivity index (χ4v) is 17.7. The summed E-state index contributed by atoms with van der Waals surface area (Å²) >= 11 is 4.63. The Kier molecular flexibility index (Phi) is 27.1. The van der Waals surface area contributed by atoms with Crippen molar-refractivity contribution in [3.63, 3.8) is 0 Å². The number of hydrogen-bond acceptors (Lipinski definition) is 20. The predicted octanol–water partition coefficient (Wildman–Crippen LogP) is 9.06. The molecule has 28 heteroatoms. The van der Waals surface area contributed by atoms with Gasteiger partial charge in [0, 0.05) is 95.0 Å². The first-order valence-corrected chi connectivity index (χ1v) is 39.8. The molecule has 9 atom stereocenters. The second-order valence-electron chi connectivity index (χ2n) is 27.3. The van der Waals surface area contributed by atoms with E-state index in [0.717, 1.165) is 75.9 Å². The Bertz CT molecular complexity index is 4100. The molecule has 7 N–H and O–H groups in total. The lowest BCUT2D eigenvalue weighted by atomic mass is 9.95. The molecule has 8 amide bonds. The number of carbonyl (C=O) groups excluding carboxylic acids is 8. The topological polar surface area (TPSA) is 304 Å². The van der Waals surface area contributed by atoms with E-state index in [-0.39, 0.29) is 119 Å². The monoisotopic (exact) mass is 1500 g/mol. The molecule has 3 aliphatic heterocycles. The highest BCUT2D eigenvalue weighted by atomic mass is 33.1. The normalized spacial score (nSPS) is 19.6. The zero-order chi connectivity index (χ0) is 73.5. The van der Waals surface area contributed by atoms with Crippen molar-refractivity contribution >= 4 is 103 Å². The number of aryl methyl sites for hydroxylation is 3. The van der Waals surface area contributed by atoms with E-state index in [9.17, 15) is 43.8 Å². The first-order valence-electron chi connectivity index (χ1n) is 34.6. The van der Waals surface area contributed by atoms with Crippen LogP contribution in [-0.2, 0) is 57.9 Å². The first-order chi connectivity index (χ1) is 49.4.